The number of thiophene rings is 1. The van der Waals surface area contributed by atoms with Gasteiger partial charge in [0.25, 0.3) is 0 Å². The Morgan fingerprint density at radius 2 is 1.65 bits per heavy atom. The second-order valence-corrected chi connectivity index (χ2v) is 14.5. The minimum Gasteiger partial charge on any atom is -0.441 e. The number of rotatable bonds is 4. The highest BCUT2D eigenvalue weighted by atomic mass is 32.1. The van der Waals surface area contributed by atoms with Crippen molar-refractivity contribution in [3.63, 3.8) is 0 Å². The number of hydrogen-bond acceptors (Lipinski definition) is 5. The van der Waals surface area contributed by atoms with E-state index in [9.17, 15) is 0 Å². The maximum Gasteiger partial charge on any atom is 0.195 e. The number of benzene rings is 3. The smallest absolute Gasteiger partial charge is 0.195 e. The molecular formula is C35H37N3OS. The Morgan fingerprint density at radius 1 is 0.875 bits per heavy atom. The first-order chi connectivity index (χ1) is 18.9. The highest BCUT2D eigenvalue weighted by Gasteiger charge is 2.24. The van der Waals surface area contributed by atoms with Crippen LogP contribution in [0.1, 0.15) is 77.6 Å². The zero-order valence-electron chi connectivity index (χ0n) is 24.7. The van der Waals surface area contributed by atoms with Crippen LogP contribution < -0.4 is 0 Å². The molecule has 3 aromatic heterocycles. The van der Waals surface area contributed by atoms with Crippen molar-refractivity contribution >= 4 is 43.4 Å². The molecule has 0 saturated heterocycles. The minimum absolute atomic E-state index is 0.00428. The molecule has 40 heavy (non-hydrogen) atoms. The molecule has 5 heteroatoms. The minimum atomic E-state index is 0.00428. The molecule has 0 fully saturated rings. The van der Waals surface area contributed by atoms with Gasteiger partial charge in [0.1, 0.15) is 11.8 Å². The van der Waals surface area contributed by atoms with E-state index in [-0.39, 0.29) is 10.8 Å². The van der Waals surface area contributed by atoms with Crippen molar-refractivity contribution < 1.29 is 4.42 Å². The van der Waals surface area contributed by atoms with Gasteiger partial charge in [-0.15, -0.1) is 11.3 Å². The van der Waals surface area contributed by atoms with E-state index in [0.29, 0.717) is 5.92 Å². The van der Waals surface area contributed by atoms with Crippen LogP contribution in [-0.4, -0.2) is 15.0 Å². The van der Waals surface area contributed by atoms with Crippen LogP contribution in [0.3, 0.4) is 0 Å². The van der Waals surface area contributed by atoms with E-state index in [4.69, 9.17) is 19.4 Å². The summed E-state index contributed by atoms with van der Waals surface area (Å²) >= 11 is 1.82. The first-order valence-electron chi connectivity index (χ1n) is 14.1. The number of hydrogen-bond donors (Lipinski definition) is 0. The van der Waals surface area contributed by atoms with Crippen molar-refractivity contribution in [1.82, 2.24) is 15.0 Å². The first-order valence-corrected chi connectivity index (χ1v) is 14.9. The lowest BCUT2D eigenvalue weighted by molar-refractivity contribution is 0.362. The predicted molar refractivity (Wildman–Crippen MR) is 169 cm³/mol. The molecule has 0 spiro atoms. The van der Waals surface area contributed by atoms with Gasteiger partial charge in [0, 0.05) is 22.4 Å². The zero-order chi connectivity index (χ0) is 28.4. The fourth-order valence-electron chi connectivity index (χ4n) is 5.55. The summed E-state index contributed by atoms with van der Waals surface area (Å²) in [6.07, 6.45) is 2.52. The van der Waals surface area contributed by atoms with Crippen LogP contribution in [0.5, 0.6) is 0 Å². The van der Waals surface area contributed by atoms with Crippen molar-refractivity contribution in [2.45, 2.75) is 73.1 Å². The molecule has 6 aromatic rings. The molecule has 3 heterocycles. The lowest BCUT2D eigenvalue weighted by Crippen LogP contribution is -2.12. The number of fused-ring (bicyclic) bond motifs is 3. The zero-order valence-corrected chi connectivity index (χ0v) is 25.5. The normalized spacial score (nSPS) is 12.8. The summed E-state index contributed by atoms with van der Waals surface area (Å²) in [6.45, 7) is 18.0. The van der Waals surface area contributed by atoms with Gasteiger partial charge in [0.15, 0.2) is 11.5 Å². The van der Waals surface area contributed by atoms with Gasteiger partial charge in [0.2, 0.25) is 0 Å². The molecule has 0 aliphatic heterocycles. The van der Waals surface area contributed by atoms with Gasteiger partial charge in [-0.25, -0.2) is 15.0 Å². The van der Waals surface area contributed by atoms with E-state index in [2.05, 4.69) is 110 Å². The van der Waals surface area contributed by atoms with E-state index in [0.717, 1.165) is 50.4 Å². The standard InChI is InChI=1S/C35H37N3OS/c1-20(2)32-29(22-13-14-27-26(17-22)38-28(39-27)18-34(3,4)5)31-33(40-32)30(36-19-37-31)23-15-21-11-9-10-12-24(21)25(16-23)35(6,7)8/h9-17,19-20H,18H2,1-8H3. The Kier molecular flexibility index (Phi) is 6.34. The van der Waals surface area contributed by atoms with Gasteiger partial charge < -0.3 is 4.42 Å². The molecule has 204 valence electrons. The summed E-state index contributed by atoms with van der Waals surface area (Å²) in [4.78, 5) is 15.9. The van der Waals surface area contributed by atoms with Crippen LogP contribution >= 0.6 is 11.3 Å². The van der Waals surface area contributed by atoms with E-state index >= 15 is 0 Å². The van der Waals surface area contributed by atoms with Gasteiger partial charge in [-0.05, 0) is 62.9 Å². The molecule has 4 nitrogen and oxygen atoms in total. The molecule has 0 aliphatic rings. The largest absolute Gasteiger partial charge is 0.441 e. The average molecular weight is 548 g/mol. The summed E-state index contributed by atoms with van der Waals surface area (Å²) in [5.74, 6) is 1.13. The Labute approximate surface area is 240 Å². The molecule has 0 aliphatic carbocycles. The van der Waals surface area contributed by atoms with Crippen LogP contribution in [-0.2, 0) is 11.8 Å². The quantitative estimate of drug-likeness (QED) is 0.220. The van der Waals surface area contributed by atoms with Gasteiger partial charge >= 0.3 is 0 Å². The van der Waals surface area contributed by atoms with Gasteiger partial charge in [0.05, 0.1) is 15.9 Å². The van der Waals surface area contributed by atoms with Crippen molar-refractivity contribution in [3.05, 3.63) is 77.3 Å². The van der Waals surface area contributed by atoms with E-state index in [1.165, 1.54) is 26.8 Å². The Hall–Kier alpha value is -3.57. The first kappa shape index (κ1) is 26.6. The maximum absolute atomic E-state index is 6.10. The molecule has 0 bridgehead atoms. The number of nitrogens with zero attached hydrogens (tertiary/aromatic N) is 3. The third-order valence-corrected chi connectivity index (χ3v) is 8.86. The highest BCUT2D eigenvalue weighted by molar-refractivity contribution is 7.20. The maximum atomic E-state index is 6.10. The van der Waals surface area contributed by atoms with Crippen LogP contribution in [0.25, 0.3) is 54.5 Å². The summed E-state index contributed by atoms with van der Waals surface area (Å²) in [5, 5.41) is 2.53. The highest BCUT2D eigenvalue weighted by Crippen LogP contribution is 2.46. The monoisotopic (exact) mass is 547 g/mol. The molecular weight excluding hydrogens is 510 g/mol. The molecule has 0 saturated carbocycles. The second kappa shape index (κ2) is 9.52. The fourth-order valence-corrected chi connectivity index (χ4v) is 6.84. The number of aromatic nitrogens is 3. The van der Waals surface area contributed by atoms with Gasteiger partial charge in [-0.3, -0.25) is 0 Å². The lowest BCUT2D eigenvalue weighted by Gasteiger charge is -2.22. The Bertz CT molecular complexity index is 1880. The van der Waals surface area contributed by atoms with Crippen LogP contribution in [0, 0.1) is 5.41 Å². The molecule has 0 atom stereocenters. The average Bonchev–Trinajstić information content (AvgIpc) is 3.46. The molecule has 0 amide bonds. The predicted octanol–water partition coefficient (Wildman–Crippen LogP) is 10.3. The SMILES string of the molecule is CC(C)c1sc2c(-c3cc(C(C)(C)C)c4ccccc4c3)ncnc2c1-c1ccc2oc(CC(C)(C)C)nc2c1. The summed E-state index contributed by atoms with van der Waals surface area (Å²) in [6, 6.07) is 19.6. The van der Waals surface area contributed by atoms with Crippen LogP contribution in [0.2, 0.25) is 0 Å². The molecule has 6 rings (SSSR count). The molecule has 0 radical (unpaired) electrons. The summed E-state index contributed by atoms with van der Waals surface area (Å²) in [5.41, 5.74) is 8.60. The van der Waals surface area contributed by atoms with Crippen LogP contribution in [0.4, 0.5) is 0 Å². The Morgan fingerprint density at radius 3 is 2.38 bits per heavy atom. The van der Waals surface area contributed by atoms with Crippen molar-refractivity contribution in [2.75, 3.05) is 0 Å². The van der Waals surface area contributed by atoms with E-state index in [1.54, 1.807) is 6.33 Å². The topological polar surface area (TPSA) is 51.8 Å². The fraction of sp³-hybridized carbons (Fsp3) is 0.343. The van der Waals surface area contributed by atoms with Crippen molar-refractivity contribution in [3.8, 4) is 22.4 Å². The molecule has 3 aromatic carbocycles. The van der Waals surface area contributed by atoms with E-state index < -0.39 is 0 Å². The Balaban J connectivity index is 1.56. The third kappa shape index (κ3) is 4.81. The number of oxazole rings is 1. The second-order valence-electron chi connectivity index (χ2n) is 13.4. The van der Waals surface area contributed by atoms with E-state index in [1.807, 2.05) is 11.3 Å². The van der Waals surface area contributed by atoms with Crippen LogP contribution in [0.15, 0.2) is 65.3 Å². The van der Waals surface area contributed by atoms with Crippen molar-refractivity contribution in [2.24, 2.45) is 5.41 Å². The van der Waals surface area contributed by atoms with Crippen molar-refractivity contribution in [1.29, 1.82) is 0 Å². The summed E-state index contributed by atoms with van der Waals surface area (Å²) < 4.78 is 7.23. The molecule has 0 unspecified atom stereocenters. The van der Waals surface area contributed by atoms with Gasteiger partial charge in [-0.1, -0.05) is 85.7 Å². The third-order valence-electron chi connectivity index (χ3n) is 7.37. The summed E-state index contributed by atoms with van der Waals surface area (Å²) in [7, 11) is 0. The van der Waals surface area contributed by atoms with Gasteiger partial charge in [-0.2, -0.15) is 0 Å². The lowest BCUT2D eigenvalue weighted by atomic mass is 9.82. The molecule has 0 N–H and O–H groups in total.